The molecule has 9 heteroatoms. The van der Waals surface area contributed by atoms with Crippen LogP contribution in [0.1, 0.15) is 20.0 Å². The second-order valence-corrected chi connectivity index (χ2v) is 7.25. The molecule has 0 unspecified atom stereocenters. The Labute approximate surface area is 165 Å². The lowest BCUT2D eigenvalue weighted by molar-refractivity contribution is 0.0303. The van der Waals surface area contributed by atoms with E-state index in [1.165, 1.54) is 11.3 Å². The molecule has 0 saturated carbocycles. The average Bonchev–Trinajstić information content (AvgIpc) is 3.18. The highest BCUT2D eigenvalue weighted by molar-refractivity contribution is 7.80. The Morgan fingerprint density at radius 1 is 1.23 bits per heavy atom. The number of carbonyl (C=O) groups excluding carboxylic acids is 2. The minimum Gasteiger partial charge on any atom is -0.378 e. The van der Waals surface area contributed by atoms with Gasteiger partial charge in [0.15, 0.2) is 5.11 Å². The molecule has 1 fully saturated rings. The smallest absolute Gasteiger partial charge is 0.267 e. The third-order valence-electron chi connectivity index (χ3n) is 3.73. The summed E-state index contributed by atoms with van der Waals surface area (Å²) in [6.07, 6.45) is 0. The number of carbonyl (C=O) groups is 2. The van der Waals surface area contributed by atoms with Gasteiger partial charge in [-0.3, -0.25) is 14.9 Å². The predicted octanol–water partition coefficient (Wildman–Crippen LogP) is 3.00. The number of nitrogens with zero attached hydrogens (tertiary/aromatic N) is 1. The summed E-state index contributed by atoms with van der Waals surface area (Å²) in [5, 5.41) is 7.79. The van der Waals surface area contributed by atoms with Crippen LogP contribution in [-0.4, -0.2) is 48.1 Å². The largest absolute Gasteiger partial charge is 0.378 e. The number of amides is 2. The fourth-order valence-corrected chi connectivity index (χ4v) is 3.42. The molecule has 1 aromatic heterocycles. The number of anilines is 1. The van der Waals surface area contributed by atoms with E-state index in [0.29, 0.717) is 47.5 Å². The number of rotatable bonds is 3. The Kier molecular flexibility index (Phi) is 6.20. The molecular formula is C17H16ClN3O3S2. The van der Waals surface area contributed by atoms with E-state index >= 15 is 0 Å². The van der Waals surface area contributed by atoms with Gasteiger partial charge in [0.25, 0.3) is 11.8 Å². The van der Waals surface area contributed by atoms with Crippen molar-refractivity contribution in [1.29, 1.82) is 0 Å². The molecule has 1 saturated heterocycles. The number of ether oxygens (including phenoxy) is 1. The molecule has 6 nitrogen and oxygen atoms in total. The number of hydrogen-bond acceptors (Lipinski definition) is 5. The van der Waals surface area contributed by atoms with Gasteiger partial charge < -0.3 is 15.0 Å². The Morgan fingerprint density at radius 2 is 2.00 bits per heavy atom. The summed E-state index contributed by atoms with van der Waals surface area (Å²) in [5.74, 6) is -0.393. The first-order chi connectivity index (χ1) is 12.5. The van der Waals surface area contributed by atoms with Gasteiger partial charge in [-0.15, -0.1) is 11.3 Å². The van der Waals surface area contributed by atoms with E-state index in [2.05, 4.69) is 10.6 Å². The number of hydrogen-bond donors (Lipinski definition) is 2. The first kappa shape index (κ1) is 18.8. The van der Waals surface area contributed by atoms with Crippen molar-refractivity contribution in [2.45, 2.75) is 0 Å². The van der Waals surface area contributed by atoms with Crippen LogP contribution in [0, 0.1) is 0 Å². The van der Waals surface area contributed by atoms with Gasteiger partial charge in [0.2, 0.25) is 0 Å². The van der Waals surface area contributed by atoms with E-state index in [9.17, 15) is 9.59 Å². The minimum atomic E-state index is -0.297. The summed E-state index contributed by atoms with van der Waals surface area (Å²) in [7, 11) is 0. The molecule has 1 aliphatic rings. The van der Waals surface area contributed by atoms with E-state index in [1.807, 2.05) is 5.38 Å². The molecule has 2 amide bonds. The van der Waals surface area contributed by atoms with Crippen LogP contribution in [0.25, 0.3) is 0 Å². The topological polar surface area (TPSA) is 70.7 Å². The van der Waals surface area contributed by atoms with Gasteiger partial charge in [0, 0.05) is 18.7 Å². The fourth-order valence-electron chi connectivity index (χ4n) is 2.43. The number of halogens is 1. The maximum absolute atomic E-state index is 12.6. The van der Waals surface area contributed by atoms with Crippen LogP contribution in [0.3, 0.4) is 0 Å². The summed E-state index contributed by atoms with van der Waals surface area (Å²) in [4.78, 5) is 26.9. The van der Waals surface area contributed by atoms with Crippen molar-refractivity contribution in [3.8, 4) is 0 Å². The monoisotopic (exact) mass is 409 g/mol. The van der Waals surface area contributed by atoms with E-state index < -0.39 is 0 Å². The molecule has 136 valence electrons. The first-order valence-electron chi connectivity index (χ1n) is 7.87. The van der Waals surface area contributed by atoms with Crippen LogP contribution in [0.2, 0.25) is 5.02 Å². The zero-order chi connectivity index (χ0) is 18.5. The fraction of sp³-hybridized carbons (Fsp3) is 0.235. The third kappa shape index (κ3) is 4.59. The predicted molar refractivity (Wildman–Crippen MR) is 106 cm³/mol. The zero-order valence-electron chi connectivity index (χ0n) is 13.7. The average molecular weight is 410 g/mol. The van der Waals surface area contributed by atoms with Crippen molar-refractivity contribution in [2.24, 2.45) is 0 Å². The first-order valence-corrected chi connectivity index (χ1v) is 9.53. The highest BCUT2D eigenvalue weighted by atomic mass is 35.5. The lowest BCUT2D eigenvalue weighted by Gasteiger charge is -2.27. The number of morpholine rings is 1. The Morgan fingerprint density at radius 3 is 2.69 bits per heavy atom. The molecule has 2 aromatic rings. The standard InChI is InChI=1S/C17H16ClN3O3S2/c18-12-4-3-11(16(23)21-5-7-24-8-6-21)10-13(12)19-17(25)20-15(22)14-2-1-9-26-14/h1-4,9-10H,5-8H2,(H2,19,20,22,25). The Bertz CT molecular complexity index is 821. The zero-order valence-corrected chi connectivity index (χ0v) is 16.0. The second-order valence-electron chi connectivity index (χ2n) is 5.48. The Hall–Kier alpha value is -2.00. The molecule has 0 atom stereocenters. The number of thiophene rings is 1. The van der Waals surface area contributed by atoms with Crippen LogP contribution in [0.5, 0.6) is 0 Å². The van der Waals surface area contributed by atoms with Gasteiger partial charge in [-0.25, -0.2) is 0 Å². The van der Waals surface area contributed by atoms with Gasteiger partial charge in [-0.05, 0) is 41.9 Å². The number of benzene rings is 1. The van der Waals surface area contributed by atoms with Gasteiger partial charge in [0.1, 0.15) is 0 Å². The second kappa shape index (κ2) is 8.59. The molecule has 3 rings (SSSR count). The van der Waals surface area contributed by atoms with Crippen molar-refractivity contribution in [1.82, 2.24) is 10.2 Å². The highest BCUT2D eigenvalue weighted by Gasteiger charge is 2.19. The van der Waals surface area contributed by atoms with Gasteiger partial charge in [-0.2, -0.15) is 0 Å². The van der Waals surface area contributed by atoms with Crippen LogP contribution in [0.4, 0.5) is 5.69 Å². The van der Waals surface area contributed by atoms with E-state index in [4.69, 9.17) is 28.6 Å². The summed E-state index contributed by atoms with van der Waals surface area (Å²) in [6.45, 7) is 2.17. The summed E-state index contributed by atoms with van der Waals surface area (Å²) in [5.41, 5.74) is 0.952. The van der Waals surface area contributed by atoms with Gasteiger partial charge in [-0.1, -0.05) is 17.7 Å². The Balaban J connectivity index is 1.68. The van der Waals surface area contributed by atoms with E-state index in [1.54, 1.807) is 35.2 Å². The molecule has 1 aliphatic heterocycles. The quantitative estimate of drug-likeness (QED) is 0.762. The van der Waals surface area contributed by atoms with Gasteiger partial charge in [0.05, 0.1) is 28.8 Å². The molecular weight excluding hydrogens is 394 g/mol. The molecule has 0 bridgehead atoms. The van der Waals surface area contributed by atoms with E-state index in [-0.39, 0.29) is 16.9 Å². The van der Waals surface area contributed by atoms with Crippen LogP contribution in [-0.2, 0) is 4.74 Å². The van der Waals surface area contributed by atoms with Crippen molar-refractivity contribution in [2.75, 3.05) is 31.6 Å². The van der Waals surface area contributed by atoms with Crippen molar-refractivity contribution < 1.29 is 14.3 Å². The number of thiocarbonyl (C=S) groups is 1. The lowest BCUT2D eigenvalue weighted by atomic mass is 10.1. The molecule has 0 spiro atoms. The maximum atomic E-state index is 12.6. The van der Waals surface area contributed by atoms with Crippen molar-refractivity contribution in [3.05, 3.63) is 51.2 Å². The SMILES string of the molecule is O=C(NC(=S)Nc1cc(C(=O)N2CCOCC2)ccc1Cl)c1cccs1. The van der Waals surface area contributed by atoms with E-state index in [0.717, 1.165) is 0 Å². The lowest BCUT2D eigenvalue weighted by Crippen LogP contribution is -2.40. The molecule has 0 radical (unpaired) electrons. The van der Waals surface area contributed by atoms with Crippen LogP contribution in [0.15, 0.2) is 35.7 Å². The molecule has 1 aromatic carbocycles. The molecule has 0 aliphatic carbocycles. The normalized spacial score (nSPS) is 14.0. The maximum Gasteiger partial charge on any atom is 0.267 e. The van der Waals surface area contributed by atoms with Crippen LogP contribution >= 0.6 is 35.2 Å². The molecule has 2 heterocycles. The number of nitrogens with one attached hydrogen (secondary N) is 2. The minimum absolute atomic E-state index is 0.0958. The molecule has 2 N–H and O–H groups in total. The van der Waals surface area contributed by atoms with Gasteiger partial charge >= 0.3 is 0 Å². The van der Waals surface area contributed by atoms with Crippen molar-refractivity contribution in [3.63, 3.8) is 0 Å². The highest BCUT2D eigenvalue weighted by Crippen LogP contribution is 2.24. The summed E-state index contributed by atoms with van der Waals surface area (Å²) >= 11 is 12.7. The van der Waals surface area contributed by atoms with Crippen molar-refractivity contribution >= 4 is 57.8 Å². The van der Waals surface area contributed by atoms with Crippen LogP contribution < -0.4 is 10.6 Å². The third-order valence-corrected chi connectivity index (χ3v) is 5.13. The summed E-state index contributed by atoms with van der Waals surface area (Å²) < 4.78 is 5.26. The molecule has 26 heavy (non-hydrogen) atoms. The summed E-state index contributed by atoms with van der Waals surface area (Å²) in [6, 6.07) is 8.41.